The van der Waals surface area contributed by atoms with Gasteiger partial charge >= 0.3 is 5.97 Å². The molecule has 92 valence electrons. The Kier molecular flexibility index (Phi) is 3.66. The third-order valence-corrected chi connectivity index (χ3v) is 4.38. The summed E-state index contributed by atoms with van der Waals surface area (Å²) in [5, 5.41) is 8.89. The van der Waals surface area contributed by atoms with Crippen molar-refractivity contribution in [2.45, 2.75) is 18.9 Å². The normalized spacial score (nSPS) is 23.7. The van der Waals surface area contributed by atoms with Crippen LogP contribution in [0.15, 0.2) is 0 Å². The number of carbonyl (C=O) groups excluding carboxylic acids is 1. The van der Waals surface area contributed by atoms with Crippen LogP contribution in [0.4, 0.5) is 0 Å². The number of aliphatic carboxylic acids is 1. The molecule has 0 bridgehead atoms. The Morgan fingerprint density at radius 2 is 2.06 bits per heavy atom. The van der Waals surface area contributed by atoms with Crippen molar-refractivity contribution in [2.75, 3.05) is 20.6 Å². The molecule has 0 aromatic carbocycles. The van der Waals surface area contributed by atoms with Crippen molar-refractivity contribution in [3.05, 3.63) is 0 Å². The molecule has 1 aliphatic heterocycles. The molecule has 0 saturated carbocycles. The molecule has 8 heteroatoms. The van der Waals surface area contributed by atoms with Crippen molar-refractivity contribution in [3.63, 3.8) is 0 Å². The lowest BCUT2D eigenvalue weighted by Gasteiger charge is -2.32. The molecule has 0 radical (unpaired) electrons. The fourth-order valence-electron chi connectivity index (χ4n) is 1.51. The van der Waals surface area contributed by atoms with Crippen LogP contribution < -0.4 is 0 Å². The van der Waals surface area contributed by atoms with Crippen molar-refractivity contribution >= 4 is 22.0 Å². The molecular weight excluding hydrogens is 236 g/mol. The number of carboxylic acid groups (broad SMARTS) is 1. The molecule has 0 amide bonds. The molecular formula is C8H14N2O5S. The van der Waals surface area contributed by atoms with E-state index in [1.165, 1.54) is 14.1 Å². The standard InChI is InChI=1S/C8H14N2O5S/c1-9(2)16(14,15)10-4-3-6(11)5-7(10)8(12)13/h7H,3-5H2,1-2H3,(H,12,13). The largest absolute Gasteiger partial charge is 0.480 e. The zero-order chi connectivity index (χ0) is 12.5. The molecule has 16 heavy (non-hydrogen) atoms. The van der Waals surface area contributed by atoms with E-state index in [9.17, 15) is 18.0 Å². The Morgan fingerprint density at radius 1 is 1.50 bits per heavy atom. The molecule has 1 rings (SSSR count). The molecule has 0 aromatic heterocycles. The van der Waals surface area contributed by atoms with Gasteiger partial charge in [-0.1, -0.05) is 0 Å². The summed E-state index contributed by atoms with van der Waals surface area (Å²) in [7, 11) is -1.14. The van der Waals surface area contributed by atoms with Crippen LogP contribution in [0.5, 0.6) is 0 Å². The number of nitrogens with zero attached hydrogens (tertiary/aromatic N) is 2. The molecule has 7 nitrogen and oxygen atoms in total. The first kappa shape index (κ1) is 13.1. The summed E-state index contributed by atoms with van der Waals surface area (Å²) in [6.45, 7) is -0.0731. The average molecular weight is 250 g/mol. The van der Waals surface area contributed by atoms with E-state index in [0.29, 0.717) is 0 Å². The monoisotopic (exact) mass is 250 g/mol. The fraction of sp³-hybridized carbons (Fsp3) is 0.750. The Balaban J connectivity index is 3.03. The van der Waals surface area contributed by atoms with E-state index in [-0.39, 0.29) is 25.2 Å². The van der Waals surface area contributed by atoms with Crippen LogP contribution in [0.1, 0.15) is 12.8 Å². The van der Waals surface area contributed by atoms with Gasteiger partial charge in [0.2, 0.25) is 0 Å². The fourth-order valence-corrected chi connectivity index (χ4v) is 2.73. The van der Waals surface area contributed by atoms with E-state index >= 15 is 0 Å². The zero-order valence-corrected chi connectivity index (χ0v) is 9.90. The lowest BCUT2D eigenvalue weighted by atomic mass is 10.0. The predicted octanol–water partition coefficient (Wildman–Crippen LogP) is -1.09. The number of carbonyl (C=O) groups is 2. The SMILES string of the molecule is CN(C)S(=O)(=O)N1CCC(=O)CC1C(=O)O. The maximum absolute atomic E-state index is 11.8. The number of ketones is 1. The Labute approximate surface area is 93.8 Å². The number of carboxylic acids is 1. The lowest BCUT2D eigenvalue weighted by molar-refractivity contribution is -0.145. The molecule has 1 fully saturated rings. The van der Waals surface area contributed by atoms with Gasteiger partial charge in [0.05, 0.1) is 0 Å². The smallest absolute Gasteiger partial charge is 0.322 e. The first-order chi connectivity index (χ1) is 7.26. The molecule has 1 atom stereocenters. The molecule has 1 heterocycles. The summed E-state index contributed by atoms with van der Waals surface area (Å²) in [4.78, 5) is 22.0. The van der Waals surface area contributed by atoms with Crippen LogP contribution in [0, 0.1) is 0 Å². The Morgan fingerprint density at radius 3 is 2.50 bits per heavy atom. The number of piperidine rings is 1. The summed E-state index contributed by atoms with van der Waals surface area (Å²) >= 11 is 0. The molecule has 1 saturated heterocycles. The quantitative estimate of drug-likeness (QED) is 0.686. The number of rotatable bonds is 3. The molecule has 1 N–H and O–H groups in total. The minimum absolute atomic E-state index is 0.0663. The van der Waals surface area contributed by atoms with Crippen molar-refractivity contribution in [1.29, 1.82) is 0 Å². The minimum atomic E-state index is -3.78. The first-order valence-corrected chi connectivity index (χ1v) is 6.10. The molecule has 0 aromatic rings. The van der Waals surface area contributed by atoms with Gasteiger partial charge in [-0.15, -0.1) is 0 Å². The summed E-state index contributed by atoms with van der Waals surface area (Å²) in [5.74, 6) is -1.52. The summed E-state index contributed by atoms with van der Waals surface area (Å²) in [6.07, 6.45) is -0.195. The van der Waals surface area contributed by atoms with E-state index in [0.717, 1.165) is 8.61 Å². The number of hydrogen-bond donors (Lipinski definition) is 1. The topological polar surface area (TPSA) is 95.0 Å². The Bertz CT molecular complexity index is 403. The van der Waals surface area contributed by atoms with Crippen LogP contribution >= 0.6 is 0 Å². The van der Waals surface area contributed by atoms with Crippen LogP contribution in [0.3, 0.4) is 0 Å². The van der Waals surface area contributed by atoms with Gasteiger partial charge < -0.3 is 5.11 Å². The van der Waals surface area contributed by atoms with Gasteiger partial charge in [0.25, 0.3) is 10.2 Å². The van der Waals surface area contributed by atoms with Gasteiger partial charge in [-0.25, -0.2) is 0 Å². The third-order valence-electron chi connectivity index (χ3n) is 2.42. The maximum Gasteiger partial charge on any atom is 0.322 e. The zero-order valence-electron chi connectivity index (χ0n) is 9.08. The summed E-state index contributed by atoms with van der Waals surface area (Å²) < 4.78 is 25.4. The van der Waals surface area contributed by atoms with Gasteiger partial charge in [-0.05, 0) is 0 Å². The minimum Gasteiger partial charge on any atom is -0.480 e. The van der Waals surface area contributed by atoms with Crippen molar-refractivity contribution < 1.29 is 23.1 Å². The summed E-state index contributed by atoms with van der Waals surface area (Å²) in [5.41, 5.74) is 0. The first-order valence-electron chi connectivity index (χ1n) is 4.70. The van der Waals surface area contributed by atoms with E-state index in [2.05, 4.69) is 0 Å². The highest BCUT2D eigenvalue weighted by Gasteiger charge is 2.40. The second kappa shape index (κ2) is 4.48. The van der Waals surface area contributed by atoms with Crippen molar-refractivity contribution in [2.24, 2.45) is 0 Å². The van der Waals surface area contributed by atoms with E-state index < -0.39 is 22.2 Å². The number of Topliss-reactive ketones (excluding diaryl/α,β-unsaturated/α-hetero) is 1. The van der Waals surface area contributed by atoms with Crippen LogP contribution in [-0.4, -0.2) is 60.6 Å². The average Bonchev–Trinajstić information content (AvgIpc) is 2.16. The highest BCUT2D eigenvalue weighted by Crippen LogP contribution is 2.19. The van der Waals surface area contributed by atoms with E-state index in [4.69, 9.17) is 5.11 Å². The van der Waals surface area contributed by atoms with E-state index in [1.807, 2.05) is 0 Å². The number of hydrogen-bond acceptors (Lipinski definition) is 4. The van der Waals surface area contributed by atoms with Gasteiger partial charge in [0.1, 0.15) is 11.8 Å². The van der Waals surface area contributed by atoms with Gasteiger partial charge in [-0.3, -0.25) is 9.59 Å². The van der Waals surface area contributed by atoms with Crippen molar-refractivity contribution in [3.8, 4) is 0 Å². The highest BCUT2D eigenvalue weighted by molar-refractivity contribution is 7.86. The second-order valence-electron chi connectivity index (χ2n) is 3.75. The third kappa shape index (κ3) is 2.39. The molecule has 0 aliphatic carbocycles. The maximum atomic E-state index is 11.8. The van der Waals surface area contributed by atoms with Crippen LogP contribution in [0.25, 0.3) is 0 Å². The van der Waals surface area contributed by atoms with Gasteiger partial charge in [0, 0.05) is 33.5 Å². The molecule has 0 spiro atoms. The van der Waals surface area contributed by atoms with Crippen LogP contribution in [-0.2, 0) is 19.8 Å². The molecule has 1 unspecified atom stereocenters. The lowest BCUT2D eigenvalue weighted by Crippen LogP contribution is -2.53. The van der Waals surface area contributed by atoms with Crippen molar-refractivity contribution in [1.82, 2.24) is 8.61 Å². The predicted molar refractivity (Wildman–Crippen MR) is 55.0 cm³/mol. The van der Waals surface area contributed by atoms with Crippen LogP contribution in [0.2, 0.25) is 0 Å². The van der Waals surface area contributed by atoms with Gasteiger partial charge in [0.15, 0.2) is 0 Å². The van der Waals surface area contributed by atoms with Gasteiger partial charge in [-0.2, -0.15) is 17.0 Å². The Hall–Kier alpha value is -0.990. The van der Waals surface area contributed by atoms with E-state index in [1.54, 1.807) is 0 Å². The highest BCUT2D eigenvalue weighted by atomic mass is 32.2. The summed E-state index contributed by atoms with van der Waals surface area (Å²) in [6, 6.07) is -1.28. The molecule has 1 aliphatic rings. The second-order valence-corrected chi connectivity index (χ2v) is 5.84.